The predicted molar refractivity (Wildman–Crippen MR) is 57.6 cm³/mol. The minimum Gasteiger partial charge on any atom is -0.469 e. The van der Waals surface area contributed by atoms with E-state index in [1.54, 1.807) is 13.8 Å². The summed E-state index contributed by atoms with van der Waals surface area (Å²) >= 11 is 0. The molecule has 0 aromatic rings. The zero-order chi connectivity index (χ0) is 13.1. The average Bonchev–Trinajstić information content (AvgIpc) is 2.24. The smallest absolute Gasteiger partial charge is 0.339 e. The number of hydrogen-bond acceptors (Lipinski definition) is 5. The molecule has 0 amide bonds. The lowest BCUT2D eigenvalue weighted by molar-refractivity contribution is -0.196. The fourth-order valence-corrected chi connectivity index (χ4v) is 1.78. The highest BCUT2D eigenvalue weighted by atomic mass is 16.5. The number of methoxy groups -OCH3 is 2. The Hall–Kier alpha value is -1.10. The van der Waals surface area contributed by atoms with Gasteiger partial charge in [0.2, 0.25) is 0 Å². The van der Waals surface area contributed by atoms with Crippen molar-refractivity contribution in [3.63, 3.8) is 0 Å². The van der Waals surface area contributed by atoms with Crippen molar-refractivity contribution >= 4 is 11.9 Å². The molecule has 5 nitrogen and oxygen atoms in total. The van der Waals surface area contributed by atoms with E-state index in [1.165, 1.54) is 28.1 Å². The van der Waals surface area contributed by atoms with Crippen LogP contribution in [0.25, 0.3) is 0 Å². The summed E-state index contributed by atoms with van der Waals surface area (Å²) in [5.41, 5.74) is -3.28. The molecule has 0 spiro atoms. The molecular formula is C11H20O5. The van der Waals surface area contributed by atoms with Gasteiger partial charge in [0.1, 0.15) is 5.41 Å². The van der Waals surface area contributed by atoms with Gasteiger partial charge in [-0.25, -0.2) is 4.79 Å². The quantitative estimate of drug-likeness (QED) is 0.724. The van der Waals surface area contributed by atoms with Crippen LogP contribution in [0.4, 0.5) is 0 Å². The lowest BCUT2D eigenvalue weighted by atomic mass is 9.68. The third-order valence-electron chi connectivity index (χ3n) is 2.98. The van der Waals surface area contributed by atoms with Crippen molar-refractivity contribution < 1.29 is 24.2 Å². The van der Waals surface area contributed by atoms with E-state index in [4.69, 9.17) is 0 Å². The van der Waals surface area contributed by atoms with Crippen molar-refractivity contribution in [1.82, 2.24) is 0 Å². The van der Waals surface area contributed by atoms with E-state index in [9.17, 15) is 14.7 Å². The highest BCUT2D eigenvalue weighted by molar-refractivity contribution is 5.90. The van der Waals surface area contributed by atoms with Crippen LogP contribution >= 0.6 is 0 Å². The first-order valence-electron chi connectivity index (χ1n) is 5.05. The van der Waals surface area contributed by atoms with Crippen LogP contribution in [0.1, 0.15) is 27.7 Å². The number of rotatable bonds is 4. The van der Waals surface area contributed by atoms with Gasteiger partial charge >= 0.3 is 11.9 Å². The molecule has 0 aliphatic carbocycles. The molecule has 0 aliphatic rings. The number of ether oxygens (including phenoxy) is 2. The van der Waals surface area contributed by atoms with Gasteiger partial charge < -0.3 is 14.6 Å². The molecular weight excluding hydrogens is 212 g/mol. The second-order valence-corrected chi connectivity index (χ2v) is 4.53. The molecule has 5 heteroatoms. The van der Waals surface area contributed by atoms with Gasteiger partial charge in [0.25, 0.3) is 0 Å². The van der Waals surface area contributed by atoms with Crippen LogP contribution in [-0.4, -0.2) is 36.9 Å². The zero-order valence-corrected chi connectivity index (χ0v) is 10.7. The topological polar surface area (TPSA) is 72.8 Å². The molecule has 0 aliphatic heterocycles. The first-order valence-corrected chi connectivity index (χ1v) is 5.05. The lowest BCUT2D eigenvalue weighted by Crippen LogP contribution is -2.59. The Bertz CT molecular complexity index is 282. The monoisotopic (exact) mass is 232 g/mol. The molecule has 0 heterocycles. The molecule has 0 fully saturated rings. The van der Waals surface area contributed by atoms with Gasteiger partial charge in [-0.2, -0.15) is 0 Å². The Morgan fingerprint density at radius 1 is 1.06 bits per heavy atom. The van der Waals surface area contributed by atoms with E-state index in [0.717, 1.165) is 0 Å². The number of esters is 2. The number of hydrogen-bond donors (Lipinski definition) is 1. The fraction of sp³-hybridized carbons (Fsp3) is 0.818. The number of aliphatic hydroxyl groups is 1. The highest BCUT2D eigenvalue weighted by Gasteiger charge is 2.58. The summed E-state index contributed by atoms with van der Waals surface area (Å²) in [6.45, 7) is 6.19. The average molecular weight is 232 g/mol. The highest BCUT2D eigenvalue weighted by Crippen LogP contribution is 2.38. The second-order valence-electron chi connectivity index (χ2n) is 4.53. The van der Waals surface area contributed by atoms with Gasteiger partial charge in [-0.3, -0.25) is 4.79 Å². The maximum Gasteiger partial charge on any atom is 0.339 e. The summed E-state index contributed by atoms with van der Waals surface area (Å²) in [5.74, 6) is -1.97. The molecule has 0 aromatic heterocycles. The largest absolute Gasteiger partial charge is 0.469 e. The van der Waals surface area contributed by atoms with Crippen molar-refractivity contribution in [2.24, 2.45) is 11.3 Å². The van der Waals surface area contributed by atoms with Gasteiger partial charge in [0.05, 0.1) is 14.2 Å². The van der Waals surface area contributed by atoms with Gasteiger partial charge in [-0.15, -0.1) is 0 Å². The van der Waals surface area contributed by atoms with Crippen molar-refractivity contribution in [1.29, 1.82) is 0 Å². The third kappa shape index (κ3) is 2.04. The second kappa shape index (κ2) is 4.82. The Morgan fingerprint density at radius 3 is 1.69 bits per heavy atom. The number of carbonyl (C=O) groups is 2. The van der Waals surface area contributed by atoms with Crippen molar-refractivity contribution in [2.75, 3.05) is 14.2 Å². The molecule has 1 N–H and O–H groups in total. The molecule has 0 radical (unpaired) electrons. The van der Waals surface area contributed by atoms with Gasteiger partial charge in [0.15, 0.2) is 5.60 Å². The van der Waals surface area contributed by atoms with Crippen LogP contribution in [-0.2, 0) is 19.1 Å². The van der Waals surface area contributed by atoms with Gasteiger partial charge in [-0.05, 0) is 19.8 Å². The van der Waals surface area contributed by atoms with E-state index in [2.05, 4.69) is 9.47 Å². The first-order chi connectivity index (χ1) is 7.16. The zero-order valence-electron chi connectivity index (χ0n) is 10.7. The Balaban J connectivity index is 5.52. The van der Waals surface area contributed by atoms with E-state index in [1.807, 2.05) is 0 Å². The molecule has 0 aromatic carbocycles. The van der Waals surface area contributed by atoms with Gasteiger partial charge in [-0.1, -0.05) is 13.8 Å². The normalized spacial score (nSPS) is 15.5. The summed E-state index contributed by atoms with van der Waals surface area (Å²) < 4.78 is 9.16. The van der Waals surface area contributed by atoms with Crippen LogP contribution in [0.3, 0.4) is 0 Å². The number of carbonyl (C=O) groups excluding carboxylic acids is 2. The Morgan fingerprint density at radius 2 is 1.44 bits per heavy atom. The molecule has 0 rings (SSSR count). The Kier molecular flexibility index (Phi) is 4.49. The van der Waals surface area contributed by atoms with E-state index < -0.39 is 28.9 Å². The molecule has 94 valence electrons. The Labute approximate surface area is 95.7 Å². The van der Waals surface area contributed by atoms with Crippen LogP contribution in [0.15, 0.2) is 0 Å². The van der Waals surface area contributed by atoms with Crippen LogP contribution in [0.2, 0.25) is 0 Å². The summed E-state index contributed by atoms with van der Waals surface area (Å²) in [7, 11) is 2.38. The lowest BCUT2D eigenvalue weighted by Gasteiger charge is -2.40. The summed E-state index contributed by atoms with van der Waals surface area (Å²) in [6.07, 6.45) is 0. The predicted octanol–water partition coefficient (Wildman–Crippen LogP) is 0.746. The van der Waals surface area contributed by atoms with Crippen molar-refractivity contribution in [2.45, 2.75) is 33.3 Å². The molecule has 1 atom stereocenters. The fourth-order valence-electron chi connectivity index (χ4n) is 1.78. The maximum absolute atomic E-state index is 11.7. The molecule has 1 unspecified atom stereocenters. The minimum atomic E-state index is -1.91. The molecule has 0 saturated heterocycles. The standard InChI is InChI=1S/C11H20O5/c1-7(2)11(14,9(13)16-6)10(3,4)8(12)15-5/h7,14H,1-6H3. The maximum atomic E-state index is 11.7. The van der Waals surface area contributed by atoms with Crippen LogP contribution in [0.5, 0.6) is 0 Å². The van der Waals surface area contributed by atoms with E-state index in [0.29, 0.717) is 0 Å². The molecule has 0 bridgehead atoms. The summed E-state index contributed by atoms with van der Waals surface area (Å²) in [6, 6.07) is 0. The minimum absolute atomic E-state index is 0.478. The van der Waals surface area contributed by atoms with E-state index >= 15 is 0 Å². The van der Waals surface area contributed by atoms with Crippen LogP contribution in [0, 0.1) is 11.3 Å². The first kappa shape index (κ1) is 14.9. The SMILES string of the molecule is COC(=O)C(C)(C)C(O)(C(=O)OC)C(C)C. The summed E-state index contributed by atoms with van der Waals surface area (Å²) in [5, 5.41) is 10.4. The van der Waals surface area contributed by atoms with Crippen molar-refractivity contribution in [3.8, 4) is 0 Å². The van der Waals surface area contributed by atoms with E-state index in [-0.39, 0.29) is 0 Å². The van der Waals surface area contributed by atoms with Crippen LogP contribution < -0.4 is 0 Å². The van der Waals surface area contributed by atoms with Gasteiger partial charge in [0, 0.05) is 0 Å². The third-order valence-corrected chi connectivity index (χ3v) is 2.98. The molecule has 0 saturated carbocycles. The molecule has 16 heavy (non-hydrogen) atoms. The van der Waals surface area contributed by atoms with Crippen molar-refractivity contribution in [3.05, 3.63) is 0 Å². The summed E-state index contributed by atoms with van der Waals surface area (Å²) in [4.78, 5) is 23.3.